The molecule has 2 aliphatic rings. The normalized spacial score (nSPS) is 22.0. The van der Waals surface area contributed by atoms with Gasteiger partial charge >= 0.3 is 0 Å². The molecule has 7 heteroatoms. The van der Waals surface area contributed by atoms with E-state index in [0.29, 0.717) is 19.5 Å². The number of aliphatic hydroxyl groups excluding tert-OH is 1. The third-order valence-corrected chi connectivity index (χ3v) is 6.92. The van der Waals surface area contributed by atoms with Crippen molar-refractivity contribution in [2.24, 2.45) is 12.5 Å². The summed E-state index contributed by atoms with van der Waals surface area (Å²) in [5.74, 6) is 0.153. The molecule has 0 bridgehead atoms. The summed E-state index contributed by atoms with van der Waals surface area (Å²) in [5, 5.41) is 19.0. The summed E-state index contributed by atoms with van der Waals surface area (Å²) in [6.07, 6.45) is 3.83. The van der Waals surface area contributed by atoms with Gasteiger partial charge in [0.2, 0.25) is 5.91 Å². The van der Waals surface area contributed by atoms with Gasteiger partial charge in [0.05, 0.1) is 12.5 Å². The van der Waals surface area contributed by atoms with E-state index in [9.17, 15) is 9.90 Å². The molecule has 4 rings (SSSR count). The Morgan fingerprint density at radius 3 is 2.88 bits per heavy atom. The maximum Gasteiger partial charge on any atom is 0.227 e. The van der Waals surface area contributed by atoms with Crippen molar-refractivity contribution in [3.63, 3.8) is 0 Å². The molecule has 2 aromatic rings. The SMILES string of the molecule is C[C@H](Sc1nncn1C)c1cccc(CC(=O)N2CC3(CCC3O)C2)c1. The van der Waals surface area contributed by atoms with Crippen LogP contribution >= 0.6 is 11.8 Å². The number of aliphatic hydroxyl groups is 1. The molecule has 1 N–H and O–H groups in total. The lowest BCUT2D eigenvalue weighted by atomic mass is 9.61. The smallest absolute Gasteiger partial charge is 0.227 e. The van der Waals surface area contributed by atoms with Gasteiger partial charge in [0.25, 0.3) is 0 Å². The van der Waals surface area contributed by atoms with Gasteiger partial charge in [0.15, 0.2) is 5.16 Å². The summed E-state index contributed by atoms with van der Waals surface area (Å²) in [4.78, 5) is 14.4. The van der Waals surface area contributed by atoms with Gasteiger partial charge in [-0.05, 0) is 30.9 Å². The van der Waals surface area contributed by atoms with Crippen LogP contribution in [-0.2, 0) is 18.3 Å². The van der Waals surface area contributed by atoms with Crippen LogP contribution in [0.5, 0.6) is 0 Å². The third kappa shape index (κ3) is 3.14. The molecule has 1 aliphatic carbocycles. The van der Waals surface area contributed by atoms with Crippen molar-refractivity contribution >= 4 is 17.7 Å². The van der Waals surface area contributed by atoms with Gasteiger partial charge in [0, 0.05) is 30.8 Å². The molecule has 1 saturated heterocycles. The number of benzene rings is 1. The Balaban J connectivity index is 1.37. The second-order valence-electron chi connectivity index (χ2n) is 7.57. The summed E-state index contributed by atoms with van der Waals surface area (Å²) < 4.78 is 1.91. The third-order valence-electron chi connectivity index (χ3n) is 5.71. The molecule has 1 spiro atoms. The lowest BCUT2D eigenvalue weighted by molar-refractivity contribution is -0.175. The van der Waals surface area contributed by atoms with Crippen LogP contribution in [0, 0.1) is 5.41 Å². The van der Waals surface area contributed by atoms with Crippen molar-refractivity contribution < 1.29 is 9.90 Å². The Morgan fingerprint density at radius 1 is 1.46 bits per heavy atom. The number of hydrogen-bond donors (Lipinski definition) is 1. The van der Waals surface area contributed by atoms with E-state index < -0.39 is 0 Å². The molecule has 1 amide bonds. The lowest BCUT2D eigenvalue weighted by Gasteiger charge is -2.58. The first-order valence-corrected chi connectivity index (χ1v) is 9.90. The summed E-state index contributed by atoms with van der Waals surface area (Å²) in [6.45, 7) is 3.56. The highest BCUT2D eigenvalue weighted by molar-refractivity contribution is 7.99. The predicted molar refractivity (Wildman–Crippen MR) is 99.7 cm³/mol. The van der Waals surface area contributed by atoms with Crippen LogP contribution in [-0.4, -0.2) is 49.9 Å². The van der Waals surface area contributed by atoms with Gasteiger partial charge in [-0.25, -0.2) is 0 Å². The Morgan fingerprint density at radius 2 is 2.27 bits per heavy atom. The Labute approximate surface area is 157 Å². The van der Waals surface area contributed by atoms with Crippen LogP contribution in [0.1, 0.15) is 36.1 Å². The van der Waals surface area contributed by atoms with Crippen molar-refractivity contribution in [1.29, 1.82) is 0 Å². The lowest BCUT2D eigenvalue weighted by Crippen LogP contribution is -2.68. The number of amides is 1. The largest absolute Gasteiger partial charge is 0.392 e. The number of thioether (sulfide) groups is 1. The quantitative estimate of drug-likeness (QED) is 0.815. The highest BCUT2D eigenvalue weighted by atomic mass is 32.2. The van der Waals surface area contributed by atoms with E-state index in [1.165, 1.54) is 5.56 Å². The molecule has 6 nitrogen and oxygen atoms in total. The van der Waals surface area contributed by atoms with E-state index in [2.05, 4.69) is 29.3 Å². The van der Waals surface area contributed by atoms with E-state index in [0.717, 1.165) is 23.6 Å². The van der Waals surface area contributed by atoms with Gasteiger partial charge in [-0.3, -0.25) is 4.79 Å². The van der Waals surface area contributed by atoms with Crippen molar-refractivity contribution in [3.05, 3.63) is 41.7 Å². The first kappa shape index (κ1) is 17.5. The molecule has 1 aromatic heterocycles. The van der Waals surface area contributed by atoms with Gasteiger partial charge < -0.3 is 14.6 Å². The molecular formula is C19H24N4O2S. The maximum atomic E-state index is 12.5. The molecule has 138 valence electrons. The molecule has 26 heavy (non-hydrogen) atoms. The maximum absolute atomic E-state index is 12.5. The summed E-state index contributed by atoms with van der Waals surface area (Å²) in [6, 6.07) is 8.22. The average Bonchev–Trinajstić information content (AvgIpc) is 2.97. The molecule has 1 aliphatic heterocycles. The topological polar surface area (TPSA) is 71.2 Å². The van der Waals surface area contributed by atoms with Crippen LogP contribution in [0.4, 0.5) is 0 Å². The number of rotatable bonds is 5. The Hall–Kier alpha value is -1.86. The summed E-state index contributed by atoms with van der Waals surface area (Å²) in [7, 11) is 1.93. The first-order chi connectivity index (χ1) is 12.5. The zero-order valence-corrected chi connectivity index (χ0v) is 15.9. The first-order valence-electron chi connectivity index (χ1n) is 9.02. The van der Waals surface area contributed by atoms with Crippen molar-refractivity contribution in [2.75, 3.05) is 13.1 Å². The second-order valence-corrected chi connectivity index (χ2v) is 8.88. The van der Waals surface area contributed by atoms with E-state index in [1.54, 1.807) is 18.1 Å². The van der Waals surface area contributed by atoms with Gasteiger partial charge in [0.1, 0.15) is 6.33 Å². The zero-order chi connectivity index (χ0) is 18.3. The minimum absolute atomic E-state index is 0.0127. The minimum atomic E-state index is -0.214. The highest BCUT2D eigenvalue weighted by Crippen LogP contribution is 2.48. The minimum Gasteiger partial charge on any atom is -0.392 e. The number of likely N-dealkylation sites (tertiary alicyclic amines) is 1. The van der Waals surface area contributed by atoms with Crippen LogP contribution in [0.3, 0.4) is 0 Å². The molecular weight excluding hydrogens is 348 g/mol. The monoisotopic (exact) mass is 372 g/mol. The fourth-order valence-electron chi connectivity index (χ4n) is 3.79. The number of aryl methyl sites for hydroxylation is 1. The van der Waals surface area contributed by atoms with Crippen LogP contribution in [0.15, 0.2) is 35.7 Å². The second kappa shape index (κ2) is 6.70. The van der Waals surface area contributed by atoms with Crippen LogP contribution < -0.4 is 0 Å². The van der Waals surface area contributed by atoms with E-state index in [-0.39, 0.29) is 22.7 Å². The number of aromatic nitrogens is 3. The highest BCUT2D eigenvalue weighted by Gasteiger charge is 2.55. The van der Waals surface area contributed by atoms with E-state index >= 15 is 0 Å². The number of nitrogens with zero attached hydrogens (tertiary/aromatic N) is 4. The van der Waals surface area contributed by atoms with Gasteiger partial charge in [-0.1, -0.05) is 36.0 Å². The fraction of sp³-hybridized carbons (Fsp3) is 0.526. The molecule has 2 heterocycles. The van der Waals surface area contributed by atoms with Crippen molar-refractivity contribution in [2.45, 2.75) is 42.7 Å². The van der Waals surface area contributed by atoms with Crippen molar-refractivity contribution in [1.82, 2.24) is 19.7 Å². The van der Waals surface area contributed by atoms with Crippen molar-refractivity contribution in [3.8, 4) is 0 Å². The molecule has 1 saturated carbocycles. The summed E-state index contributed by atoms with van der Waals surface area (Å²) in [5.41, 5.74) is 2.23. The number of carbonyl (C=O) groups is 1. The fourth-order valence-corrected chi connectivity index (χ4v) is 4.70. The molecule has 0 radical (unpaired) electrons. The Bertz CT molecular complexity index is 815. The predicted octanol–water partition coefficient (Wildman–Crippen LogP) is 2.19. The zero-order valence-electron chi connectivity index (χ0n) is 15.1. The summed E-state index contributed by atoms with van der Waals surface area (Å²) >= 11 is 1.66. The Kier molecular flexibility index (Phi) is 4.52. The average molecular weight is 372 g/mol. The number of carbonyl (C=O) groups excluding carboxylic acids is 1. The molecule has 2 atom stereocenters. The van der Waals surface area contributed by atoms with Crippen LogP contribution in [0.25, 0.3) is 0 Å². The molecule has 1 unspecified atom stereocenters. The van der Waals surface area contributed by atoms with E-state index in [1.807, 2.05) is 28.6 Å². The van der Waals surface area contributed by atoms with Gasteiger partial charge in [-0.2, -0.15) is 0 Å². The molecule has 2 fully saturated rings. The standard InChI is InChI=1S/C19H24N4O2S/c1-13(26-18-21-20-12-22(18)2)15-5-3-4-14(8-15)9-17(25)23-10-19(11-23)7-6-16(19)24/h3-5,8,12-13,16,24H,6-7,9-11H2,1-2H3/t13-,16?/m0/s1. The van der Waals surface area contributed by atoms with Crippen LogP contribution in [0.2, 0.25) is 0 Å². The number of hydrogen-bond acceptors (Lipinski definition) is 5. The van der Waals surface area contributed by atoms with E-state index in [4.69, 9.17) is 0 Å². The van der Waals surface area contributed by atoms with Gasteiger partial charge in [-0.15, -0.1) is 10.2 Å². The molecule has 1 aromatic carbocycles.